The Bertz CT molecular complexity index is 725. The predicted molar refractivity (Wildman–Crippen MR) is 99.0 cm³/mol. The van der Waals surface area contributed by atoms with Gasteiger partial charge in [-0.3, -0.25) is 9.69 Å². The minimum absolute atomic E-state index is 0.00591. The number of tetrazole rings is 1. The van der Waals surface area contributed by atoms with Crippen LogP contribution in [-0.2, 0) is 4.79 Å². The Kier molecular flexibility index (Phi) is 5.24. The summed E-state index contributed by atoms with van der Waals surface area (Å²) in [4.78, 5) is 15.3. The highest BCUT2D eigenvalue weighted by atomic mass is 16.2. The van der Waals surface area contributed by atoms with Gasteiger partial charge < -0.3 is 5.32 Å². The first-order valence-corrected chi connectivity index (χ1v) is 9.68. The van der Waals surface area contributed by atoms with Crippen LogP contribution in [0.3, 0.4) is 0 Å². The van der Waals surface area contributed by atoms with Crippen molar-refractivity contribution in [1.82, 2.24) is 25.1 Å². The van der Waals surface area contributed by atoms with Crippen molar-refractivity contribution < 1.29 is 4.79 Å². The van der Waals surface area contributed by atoms with Crippen molar-refractivity contribution >= 4 is 11.6 Å². The molecule has 26 heavy (non-hydrogen) atoms. The van der Waals surface area contributed by atoms with E-state index in [1.807, 2.05) is 24.3 Å². The Labute approximate surface area is 153 Å². The largest absolute Gasteiger partial charge is 0.325 e. The zero-order valence-electron chi connectivity index (χ0n) is 15.0. The van der Waals surface area contributed by atoms with E-state index in [9.17, 15) is 4.79 Å². The summed E-state index contributed by atoms with van der Waals surface area (Å²) in [6.07, 6.45) is 10.3. The maximum absolute atomic E-state index is 12.9. The van der Waals surface area contributed by atoms with Crippen LogP contribution in [0.5, 0.6) is 0 Å². The minimum Gasteiger partial charge on any atom is -0.325 e. The molecular weight excluding hydrogens is 328 g/mol. The molecule has 7 nitrogen and oxygen atoms in total. The van der Waals surface area contributed by atoms with E-state index in [-0.39, 0.29) is 11.9 Å². The van der Waals surface area contributed by atoms with Gasteiger partial charge in [-0.1, -0.05) is 25.3 Å². The van der Waals surface area contributed by atoms with Crippen LogP contribution in [0.25, 0.3) is 5.69 Å². The number of nitrogens with zero attached hydrogens (tertiary/aromatic N) is 5. The molecule has 1 aromatic carbocycles. The number of likely N-dealkylation sites (tertiary alicyclic amines) is 1. The molecule has 1 saturated carbocycles. The Morgan fingerprint density at radius 3 is 2.85 bits per heavy atom. The van der Waals surface area contributed by atoms with Gasteiger partial charge in [-0.25, -0.2) is 4.68 Å². The van der Waals surface area contributed by atoms with Gasteiger partial charge in [-0.2, -0.15) is 0 Å². The first-order chi connectivity index (χ1) is 12.8. The van der Waals surface area contributed by atoms with Gasteiger partial charge in [-0.15, -0.1) is 5.10 Å². The van der Waals surface area contributed by atoms with Crippen LogP contribution in [-0.4, -0.2) is 50.1 Å². The molecular formula is C19H26N6O. The highest BCUT2D eigenvalue weighted by Gasteiger charge is 2.32. The Morgan fingerprint density at radius 1 is 1.15 bits per heavy atom. The summed E-state index contributed by atoms with van der Waals surface area (Å²) in [5, 5.41) is 14.3. The molecule has 7 heteroatoms. The van der Waals surface area contributed by atoms with Gasteiger partial charge in [0, 0.05) is 12.2 Å². The lowest BCUT2D eigenvalue weighted by atomic mass is 9.89. The maximum Gasteiger partial charge on any atom is 0.241 e. The number of benzene rings is 1. The molecule has 0 bridgehead atoms. The number of rotatable bonds is 5. The lowest BCUT2D eigenvalue weighted by Gasteiger charge is -2.30. The van der Waals surface area contributed by atoms with Crippen LogP contribution in [0.1, 0.15) is 44.9 Å². The smallest absolute Gasteiger partial charge is 0.241 e. The van der Waals surface area contributed by atoms with Crippen molar-refractivity contribution in [3.8, 4) is 5.69 Å². The van der Waals surface area contributed by atoms with Crippen LogP contribution < -0.4 is 5.32 Å². The van der Waals surface area contributed by atoms with Crippen molar-refractivity contribution in [2.75, 3.05) is 18.4 Å². The van der Waals surface area contributed by atoms with E-state index in [1.165, 1.54) is 32.1 Å². The zero-order valence-corrected chi connectivity index (χ0v) is 15.0. The van der Waals surface area contributed by atoms with E-state index in [0.717, 1.165) is 43.2 Å². The van der Waals surface area contributed by atoms with Crippen LogP contribution >= 0.6 is 0 Å². The van der Waals surface area contributed by atoms with Crippen molar-refractivity contribution in [3.63, 3.8) is 0 Å². The highest BCUT2D eigenvalue weighted by molar-refractivity contribution is 5.95. The number of carbonyl (C=O) groups is 1. The molecule has 4 rings (SSSR count). The summed E-state index contributed by atoms with van der Waals surface area (Å²) in [5.41, 5.74) is 1.62. The molecule has 1 aliphatic carbocycles. The molecule has 2 aromatic rings. The average molecular weight is 354 g/mol. The van der Waals surface area contributed by atoms with Crippen molar-refractivity contribution in [3.05, 3.63) is 30.6 Å². The average Bonchev–Trinajstić information content (AvgIpc) is 3.35. The number of hydrogen-bond donors (Lipinski definition) is 1. The van der Waals surface area contributed by atoms with Crippen LogP contribution in [0.15, 0.2) is 30.6 Å². The topological polar surface area (TPSA) is 75.9 Å². The molecule has 1 amide bonds. The van der Waals surface area contributed by atoms with Gasteiger partial charge in [-0.05, 0) is 66.8 Å². The Morgan fingerprint density at radius 2 is 2.04 bits per heavy atom. The number of carbonyl (C=O) groups excluding carboxylic acids is 1. The lowest BCUT2D eigenvalue weighted by Crippen LogP contribution is -2.42. The second kappa shape index (κ2) is 7.95. The first kappa shape index (κ1) is 17.1. The second-order valence-electron chi connectivity index (χ2n) is 7.45. The fraction of sp³-hybridized carbons (Fsp3) is 0.579. The summed E-state index contributed by atoms with van der Waals surface area (Å²) in [6, 6.07) is 7.62. The van der Waals surface area contributed by atoms with E-state index < -0.39 is 0 Å². The predicted octanol–water partition coefficient (Wildman–Crippen LogP) is 2.65. The zero-order chi connectivity index (χ0) is 17.8. The molecule has 1 aromatic heterocycles. The van der Waals surface area contributed by atoms with Gasteiger partial charge in [0.2, 0.25) is 5.91 Å². The number of amides is 1. The third-order valence-electron chi connectivity index (χ3n) is 5.61. The maximum atomic E-state index is 12.9. The molecule has 0 spiro atoms. The Hall–Kier alpha value is -2.28. The van der Waals surface area contributed by atoms with Gasteiger partial charge in [0.05, 0.1) is 11.7 Å². The lowest BCUT2D eigenvalue weighted by molar-refractivity contribution is -0.120. The third kappa shape index (κ3) is 3.93. The summed E-state index contributed by atoms with van der Waals surface area (Å²) in [6.45, 7) is 2.11. The van der Waals surface area contributed by atoms with Crippen molar-refractivity contribution in [2.45, 2.75) is 51.0 Å². The Balaban J connectivity index is 1.40. The van der Waals surface area contributed by atoms with Crippen LogP contribution in [0, 0.1) is 5.92 Å². The molecule has 1 atom stereocenters. The van der Waals surface area contributed by atoms with E-state index in [0.29, 0.717) is 0 Å². The molecule has 1 aliphatic heterocycles. The summed E-state index contributed by atoms with van der Waals surface area (Å²) in [5.74, 6) is 0.868. The molecule has 1 N–H and O–H groups in total. The van der Waals surface area contributed by atoms with E-state index >= 15 is 0 Å². The number of nitrogens with one attached hydrogen (secondary N) is 1. The van der Waals surface area contributed by atoms with E-state index in [4.69, 9.17) is 0 Å². The molecule has 1 saturated heterocycles. The third-order valence-corrected chi connectivity index (χ3v) is 5.61. The number of hydrogen-bond acceptors (Lipinski definition) is 5. The number of anilines is 1. The number of aromatic nitrogens is 4. The standard InChI is InChI=1S/C19H26N6O/c26-19(18-10-5-11-24(18)13-15-6-2-1-3-7-15)21-16-8-4-9-17(12-16)25-14-20-22-23-25/h4,8-9,12,14-15,18H,1-3,5-7,10-11,13H2,(H,21,26)/t18-/m1/s1. The van der Waals surface area contributed by atoms with Gasteiger partial charge in [0.15, 0.2) is 0 Å². The molecule has 2 fully saturated rings. The molecule has 2 aliphatic rings. The first-order valence-electron chi connectivity index (χ1n) is 9.68. The quantitative estimate of drug-likeness (QED) is 0.893. The summed E-state index contributed by atoms with van der Waals surface area (Å²) < 4.78 is 1.58. The fourth-order valence-electron chi connectivity index (χ4n) is 4.27. The molecule has 0 unspecified atom stereocenters. The molecule has 2 heterocycles. The highest BCUT2D eigenvalue weighted by Crippen LogP contribution is 2.28. The second-order valence-corrected chi connectivity index (χ2v) is 7.45. The summed E-state index contributed by atoms with van der Waals surface area (Å²) >= 11 is 0. The fourth-order valence-corrected chi connectivity index (χ4v) is 4.27. The minimum atomic E-state index is -0.00591. The van der Waals surface area contributed by atoms with Crippen LogP contribution in [0.2, 0.25) is 0 Å². The monoisotopic (exact) mass is 354 g/mol. The van der Waals surface area contributed by atoms with Crippen LogP contribution in [0.4, 0.5) is 5.69 Å². The van der Waals surface area contributed by atoms with Crippen molar-refractivity contribution in [2.24, 2.45) is 5.92 Å². The van der Waals surface area contributed by atoms with E-state index in [1.54, 1.807) is 11.0 Å². The van der Waals surface area contributed by atoms with Crippen molar-refractivity contribution in [1.29, 1.82) is 0 Å². The van der Waals surface area contributed by atoms with Gasteiger partial charge >= 0.3 is 0 Å². The van der Waals surface area contributed by atoms with Gasteiger partial charge in [0.25, 0.3) is 0 Å². The van der Waals surface area contributed by atoms with Gasteiger partial charge in [0.1, 0.15) is 6.33 Å². The van der Waals surface area contributed by atoms with E-state index in [2.05, 4.69) is 25.7 Å². The normalized spacial score (nSPS) is 21.8. The SMILES string of the molecule is O=C(Nc1cccc(-n2cnnn2)c1)[C@H]1CCCN1CC1CCCCC1. The molecule has 138 valence electrons. The summed E-state index contributed by atoms with van der Waals surface area (Å²) in [7, 11) is 0. The molecule has 0 radical (unpaired) electrons.